The lowest BCUT2D eigenvalue weighted by atomic mass is 9.98. The SMILES string of the molecule is Nc1ccc(C=CCCNC(=O)OCC2c3ccccc3-c3ccccc32)cc1Cl. The molecule has 0 fully saturated rings. The number of carbonyl (C=O) groups excluding carboxylic acids is 1. The number of hydrogen-bond acceptors (Lipinski definition) is 3. The van der Waals surface area contributed by atoms with E-state index in [4.69, 9.17) is 22.1 Å². The molecule has 4 rings (SSSR count). The van der Waals surface area contributed by atoms with Crippen LogP contribution in [0.15, 0.2) is 72.8 Å². The van der Waals surface area contributed by atoms with Gasteiger partial charge >= 0.3 is 6.09 Å². The minimum Gasteiger partial charge on any atom is -0.449 e. The van der Waals surface area contributed by atoms with Gasteiger partial charge in [-0.3, -0.25) is 0 Å². The van der Waals surface area contributed by atoms with Crippen LogP contribution in [0.1, 0.15) is 29.0 Å². The van der Waals surface area contributed by atoms with Gasteiger partial charge in [0.15, 0.2) is 0 Å². The zero-order valence-corrected chi connectivity index (χ0v) is 17.2. The topological polar surface area (TPSA) is 64.3 Å². The number of nitrogens with one attached hydrogen (secondary N) is 1. The van der Waals surface area contributed by atoms with Crippen LogP contribution in [0, 0.1) is 0 Å². The Kier molecular flexibility index (Phi) is 6.05. The summed E-state index contributed by atoms with van der Waals surface area (Å²) in [5, 5.41) is 3.34. The predicted octanol–water partition coefficient (Wildman–Crippen LogP) is 5.86. The van der Waals surface area contributed by atoms with Crippen LogP contribution in [0.4, 0.5) is 10.5 Å². The van der Waals surface area contributed by atoms with Crippen LogP contribution >= 0.6 is 11.6 Å². The van der Waals surface area contributed by atoms with E-state index in [0.717, 1.165) is 5.56 Å². The molecule has 0 radical (unpaired) electrons. The number of anilines is 1. The van der Waals surface area contributed by atoms with Gasteiger partial charge in [-0.05, 0) is 46.4 Å². The summed E-state index contributed by atoms with van der Waals surface area (Å²) in [6.07, 6.45) is 4.21. The molecule has 30 heavy (non-hydrogen) atoms. The van der Waals surface area contributed by atoms with Gasteiger partial charge in [0.1, 0.15) is 6.61 Å². The smallest absolute Gasteiger partial charge is 0.407 e. The Labute approximate surface area is 181 Å². The highest BCUT2D eigenvalue weighted by Crippen LogP contribution is 2.44. The second kappa shape index (κ2) is 9.06. The van der Waals surface area contributed by atoms with E-state index in [1.807, 2.05) is 48.6 Å². The number of ether oxygens (including phenoxy) is 1. The minimum absolute atomic E-state index is 0.0679. The highest BCUT2D eigenvalue weighted by atomic mass is 35.5. The van der Waals surface area contributed by atoms with Gasteiger partial charge in [0.05, 0.1) is 10.7 Å². The molecule has 0 aromatic heterocycles. The number of rotatable bonds is 6. The van der Waals surface area contributed by atoms with Gasteiger partial charge in [0.2, 0.25) is 0 Å². The van der Waals surface area contributed by atoms with E-state index in [0.29, 0.717) is 30.3 Å². The quantitative estimate of drug-likeness (QED) is 0.389. The number of halogens is 1. The van der Waals surface area contributed by atoms with Crippen molar-refractivity contribution in [1.82, 2.24) is 5.32 Å². The van der Waals surface area contributed by atoms with Crippen molar-refractivity contribution in [2.24, 2.45) is 0 Å². The van der Waals surface area contributed by atoms with Gasteiger partial charge in [-0.15, -0.1) is 0 Å². The van der Waals surface area contributed by atoms with Gasteiger partial charge in [0.25, 0.3) is 0 Å². The number of amides is 1. The lowest BCUT2D eigenvalue weighted by molar-refractivity contribution is 0.143. The molecule has 152 valence electrons. The fourth-order valence-electron chi connectivity index (χ4n) is 3.77. The lowest BCUT2D eigenvalue weighted by Crippen LogP contribution is -2.26. The largest absolute Gasteiger partial charge is 0.449 e. The molecule has 0 atom stereocenters. The van der Waals surface area contributed by atoms with Crippen molar-refractivity contribution in [1.29, 1.82) is 0 Å². The molecule has 0 aliphatic heterocycles. The van der Waals surface area contributed by atoms with Gasteiger partial charge < -0.3 is 15.8 Å². The van der Waals surface area contributed by atoms with E-state index in [2.05, 4.69) is 29.6 Å². The van der Waals surface area contributed by atoms with E-state index < -0.39 is 6.09 Å². The molecule has 0 unspecified atom stereocenters. The molecule has 1 aliphatic rings. The van der Waals surface area contributed by atoms with Crippen molar-refractivity contribution in [2.75, 3.05) is 18.9 Å². The van der Waals surface area contributed by atoms with Crippen LogP contribution in [0.25, 0.3) is 17.2 Å². The summed E-state index contributed by atoms with van der Waals surface area (Å²) in [5.41, 5.74) is 12.1. The monoisotopic (exact) mass is 418 g/mol. The molecule has 1 amide bonds. The highest BCUT2D eigenvalue weighted by Gasteiger charge is 2.28. The van der Waals surface area contributed by atoms with Gasteiger partial charge in [-0.25, -0.2) is 4.79 Å². The summed E-state index contributed by atoms with van der Waals surface area (Å²) < 4.78 is 5.53. The van der Waals surface area contributed by atoms with Crippen molar-refractivity contribution < 1.29 is 9.53 Å². The Morgan fingerprint density at radius 3 is 2.37 bits per heavy atom. The third kappa shape index (κ3) is 4.34. The van der Waals surface area contributed by atoms with Gasteiger partial charge in [0, 0.05) is 12.5 Å². The molecule has 3 aromatic rings. The van der Waals surface area contributed by atoms with E-state index in [1.54, 1.807) is 6.07 Å². The van der Waals surface area contributed by atoms with Crippen LogP contribution in [0.3, 0.4) is 0 Å². The van der Waals surface area contributed by atoms with Crippen molar-refractivity contribution in [2.45, 2.75) is 12.3 Å². The minimum atomic E-state index is -0.402. The van der Waals surface area contributed by atoms with Crippen LogP contribution in [0.2, 0.25) is 5.02 Å². The fraction of sp³-hybridized carbons (Fsp3) is 0.160. The molecule has 4 nitrogen and oxygen atoms in total. The fourth-order valence-corrected chi connectivity index (χ4v) is 3.96. The summed E-state index contributed by atoms with van der Waals surface area (Å²) in [4.78, 5) is 12.2. The van der Waals surface area contributed by atoms with Crippen LogP contribution in [-0.4, -0.2) is 19.2 Å². The molecule has 0 heterocycles. The second-order valence-electron chi connectivity index (χ2n) is 7.22. The number of alkyl carbamates (subject to hydrolysis) is 1. The van der Waals surface area contributed by atoms with E-state index in [9.17, 15) is 4.79 Å². The normalized spacial score (nSPS) is 12.6. The van der Waals surface area contributed by atoms with E-state index in [-0.39, 0.29) is 5.92 Å². The highest BCUT2D eigenvalue weighted by molar-refractivity contribution is 6.33. The zero-order valence-electron chi connectivity index (χ0n) is 16.5. The van der Waals surface area contributed by atoms with Crippen LogP contribution in [0.5, 0.6) is 0 Å². The Morgan fingerprint density at radius 1 is 1.03 bits per heavy atom. The maximum absolute atomic E-state index is 12.2. The summed E-state index contributed by atoms with van der Waals surface area (Å²) in [5.74, 6) is 0.0679. The van der Waals surface area contributed by atoms with Crippen molar-refractivity contribution in [3.63, 3.8) is 0 Å². The first-order valence-electron chi connectivity index (χ1n) is 9.94. The number of fused-ring (bicyclic) bond motifs is 3. The van der Waals surface area contributed by atoms with Gasteiger partial charge in [-0.1, -0.05) is 78.4 Å². The Balaban J connectivity index is 1.27. The standard InChI is InChI=1S/C25H23ClN2O2/c26-23-15-17(12-13-24(23)27)7-5-6-14-28-25(29)30-16-22-20-10-3-1-8-18(20)19-9-2-4-11-21(19)22/h1-5,7-13,15,22H,6,14,16,27H2,(H,28,29). The molecule has 3 aromatic carbocycles. The summed E-state index contributed by atoms with van der Waals surface area (Å²) in [7, 11) is 0. The maximum Gasteiger partial charge on any atom is 0.407 e. The molecular weight excluding hydrogens is 396 g/mol. The summed E-state index contributed by atoms with van der Waals surface area (Å²) in [6, 6.07) is 22.1. The summed E-state index contributed by atoms with van der Waals surface area (Å²) >= 11 is 6.01. The molecule has 1 aliphatic carbocycles. The lowest BCUT2D eigenvalue weighted by Gasteiger charge is -2.14. The molecule has 0 bridgehead atoms. The number of nitrogens with two attached hydrogens (primary N) is 1. The second-order valence-corrected chi connectivity index (χ2v) is 7.63. The number of nitrogen functional groups attached to an aromatic ring is 1. The van der Waals surface area contributed by atoms with Crippen LogP contribution < -0.4 is 11.1 Å². The Morgan fingerprint density at radius 2 is 1.70 bits per heavy atom. The van der Waals surface area contributed by atoms with E-state index >= 15 is 0 Å². The first-order valence-corrected chi connectivity index (χ1v) is 10.3. The predicted molar refractivity (Wildman–Crippen MR) is 123 cm³/mol. The molecule has 3 N–H and O–H groups in total. The first-order chi connectivity index (χ1) is 14.6. The average molecular weight is 419 g/mol. The van der Waals surface area contributed by atoms with Crippen molar-refractivity contribution in [3.05, 3.63) is 94.5 Å². The van der Waals surface area contributed by atoms with Gasteiger partial charge in [-0.2, -0.15) is 0 Å². The van der Waals surface area contributed by atoms with E-state index in [1.165, 1.54) is 22.3 Å². The van der Waals surface area contributed by atoms with Crippen molar-refractivity contribution in [3.8, 4) is 11.1 Å². The molecule has 0 saturated carbocycles. The molecular formula is C25H23ClN2O2. The average Bonchev–Trinajstić information content (AvgIpc) is 3.08. The number of carbonyl (C=O) groups is 1. The first kappa shape index (κ1) is 20.0. The molecule has 0 saturated heterocycles. The Hall–Kier alpha value is -3.24. The number of benzene rings is 3. The van der Waals surface area contributed by atoms with Crippen molar-refractivity contribution >= 4 is 29.5 Å². The number of hydrogen-bond donors (Lipinski definition) is 2. The molecule has 5 heteroatoms. The zero-order chi connectivity index (χ0) is 20.9. The third-order valence-electron chi connectivity index (χ3n) is 5.26. The summed E-state index contributed by atoms with van der Waals surface area (Å²) in [6.45, 7) is 0.815. The Bertz CT molecular complexity index is 1050. The molecule has 0 spiro atoms. The van der Waals surface area contributed by atoms with Crippen LogP contribution in [-0.2, 0) is 4.74 Å². The third-order valence-corrected chi connectivity index (χ3v) is 5.59. The maximum atomic E-state index is 12.2.